The first kappa shape index (κ1) is 19.8. The molecule has 5 rings (SSSR count). The molecule has 2 bridgehead atoms. The number of rotatable bonds is 5. The number of nitrogens with one attached hydrogen (secondary N) is 2. The molecule has 2 N–H and O–H groups in total. The summed E-state index contributed by atoms with van der Waals surface area (Å²) in [7, 11) is 0. The highest BCUT2D eigenvalue weighted by Crippen LogP contribution is 2.30. The van der Waals surface area contributed by atoms with Crippen molar-refractivity contribution in [2.45, 2.75) is 64.2 Å². The van der Waals surface area contributed by atoms with Crippen molar-refractivity contribution in [2.75, 3.05) is 19.6 Å². The maximum absolute atomic E-state index is 13.2. The van der Waals surface area contributed by atoms with Crippen LogP contribution in [0.1, 0.15) is 45.1 Å². The van der Waals surface area contributed by atoms with E-state index in [0.717, 1.165) is 44.6 Å². The van der Waals surface area contributed by atoms with Crippen molar-refractivity contribution in [1.29, 1.82) is 0 Å². The number of piperidine rings is 1. The van der Waals surface area contributed by atoms with Crippen LogP contribution in [0.15, 0.2) is 24.3 Å². The smallest absolute Gasteiger partial charge is 0.222 e. The highest BCUT2D eigenvalue weighted by atomic mass is 19.1. The maximum Gasteiger partial charge on any atom is 0.222 e. The lowest BCUT2D eigenvalue weighted by molar-refractivity contribution is -0.135. The first-order chi connectivity index (χ1) is 13.5. The second-order valence-corrected chi connectivity index (χ2v) is 9.03. The summed E-state index contributed by atoms with van der Waals surface area (Å²) < 4.78 is 13.2. The normalized spacial score (nSPS) is 33.2. The largest absolute Gasteiger partial charge is 0.338 e. The molecule has 4 saturated heterocycles. The zero-order valence-corrected chi connectivity index (χ0v) is 17.0. The molecule has 4 atom stereocenters. The number of amides is 1. The Morgan fingerprint density at radius 1 is 1.07 bits per heavy atom. The molecule has 0 saturated carbocycles. The molecule has 2 unspecified atom stereocenters. The molecule has 4 aliphatic rings. The molecule has 4 aliphatic heterocycles. The van der Waals surface area contributed by atoms with E-state index in [0.29, 0.717) is 42.3 Å². The number of benzene rings is 1. The van der Waals surface area contributed by atoms with Gasteiger partial charge in [-0.25, -0.2) is 4.39 Å². The monoisotopic (exact) mass is 388 g/mol. The summed E-state index contributed by atoms with van der Waals surface area (Å²) in [6.07, 6.45) is 3.90. The number of hydrazine groups is 1. The zero-order chi connectivity index (χ0) is 19.7. The zero-order valence-electron chi connectivity index (χ0n) is 17.0. The highest BCUT2D eigenvalue weighted by Gasteiger charge is 2.37. The third kappa shape index (κ3) is 4.39. The van der Waals surface area contributed by atoms with E-state index in [1.807, 2.05) is 12.1 Å². The number of halogens is 1. The molecule has 0 aliphatic carbocycles. The topological polar surface area (TPSA) is 47.6 Å². The Labute approximate surface area is 167 Å². The van der Waals surface area contributed by atoms with Crippen molar-refractivity contribution < 1.29 is 9.18 Å². The predicted octanol–water partition coefficient (Wildman–Crippen LogP) is 2.53. The standard InChI is InChI=1S/C22H33FN4O/c1-15-21(16(2)25-24-15)9-10-22(28)27-13-18-5-8-20(27)14-26(12-18)11-17-3-6-19(23)7-4-17/h3-4,6-7,15-16,18,20-21,24-25H,5,8-14H2,1-2H3/t15?,16?,18-,20+,21?/m0/s1. The lowest BCUT2D eigenvalue weighted by Gasteiger charge is -2.36. The average molecular weight is 389 g/mol. The molecule has 4 fully saturated rings. The molecule has 0 spiro atoms. The van der Waals surface area contributed by atoms with Crippen molar-refractivity contribution in [1.82, 2.24) is 20.7 Å². The molecule has 4 heterocycles. The number of fused-ring (bicyclic) bond motifs is 4. The first-order valence-corrected chi connectivity index (χ1v) is 10.8. The fraction of sp³-hybridized carbons (Fsp3) is 0.682. The third-order valence-electron chi connectivity index (χ3n) is 6.94. The Morgan fingerprint density at radius 3 is 2.50 bits per heavy atom. The van der Waals surface area contributed by atoms with Crippen LogP contribution in [0.5, 0.6) is 0 Å². The van der Waals surface area contributed by atoms with Gasteiger partial charge in [0.25, 0.3) is 0 Å². The van der Waals surface area contributed by atoms with Crippen molar-refractivity contribution in [3.05, 3.63) is 35.6 Å². The van der Waals surface area contributed by atoms with Gasteiger partial charge in [-0.1, -0.05) is 12.1 Å². The summed E-state index contributed by atoms with van der Waals surface area (Å²) >= 11 is 0. The van der Waals surface area contributed by atoms with Crippen LogP contribution in [0.2, 0.25) is 0 Å². The minimum atomic E-state index is -0.187. The predicted molar refractivity (Wildman–Crippen MR) is 108 cm³/mol. The minimum Gasteiger partial charge on any atom is -0.338 e. The van der Waals surface area contributed by atoms with Gasteiger partial charge in [0.05, 0.1) is 0 Å². The molecule has 6 heteroatoms. The van der Waals surface area contributed by atoms with Crippen LogP contribution in [0.25, 0.3) is 0 Å². The highest BCUT2D eigenvalue weighted by molar-refractivity contribution is 5.76. The average Bonchev–Trinajstić information content (AvgIpc) is 2.85. The van der Waals surface area contributed by atoms with E-state index >= 15 is 0 Å². The number of nitrogens with zero attached hydrogens (tertiary/aromatic N) is 2. The molecule has 5 nitrogen and oxygen atoms in total. The molecule has 1 amide bonds. The Kier molecular flexibility index (Phi) is 5.99. The van der Waals surface area contributed by atoms with E-state index in [2.05, 4.69) is 34.5 Å². The van der Waals surface area contributed by atoms with E-state index in [-0.39, 0.29) is 5.82 Å². The Balaban J connectivity index is 1.35. The van der Waals surface area contributed by atoms with Gasteiger partial charge in [0, 0.05) is 50.7 Å². The van der Waals surface area contributed by atoms with E-state index in [4.69, 9.17) is 0 Å². The Morgan fingerprint density at radius 2 is 1.79 bits per heavy atom. The molecule has 0 aromatic heterocycles. The van der Waals surface area contributed by atoms with Gasteiger partial charge in [0.2, 0.25) is 5.91 Å². The quantitative estimate of drug-likeness (QED) is 0.814. The fourth-order valence-electron chi connectivity index (χ4n) is 5.31. The summed E-state index contributed by atoms with van der Waals surface area (Å²) in [5.41, 5.74) is 7.72. The second-order valence-electron chi connectivity index (χ2n) is 9.03. The Hall–Kier alpha value is -1.50. The maximum atomic E-state index is 13.2. The third-order valence-corrected chi connectivity index (χ3v) is 6.94. The van der Waals surface area contributed by atoms with Crippen LogP contribution < -0.4 is 10.9 Å². The first-order valence-electron chi connectivity index (χ1n) is 10.8. The van der Waals surface area contributed by atoms with Crippen molar-refractivity contribution in [2.24, 2.45) is 11.8 Å². The molecule has 0 radical (unpaired) electrons. The van der Waals surface area contributed by atoms with Gasteiger partial charge in [-0.15, -0.1) is 0 Å². The molecule has 154 valence electrons. The van der Waals surface area contributed by atoms with Crippen molar-refractivity contribution >= 4 is 5.91 Å². The molecule has 1 aromatic rings. The van der Waals surface area contributed by atoms with Crippen molar-refractivity contribution in [3.8, 4) is 0 Å². The van der Waals surface area contributed by atoms with Gasteiger partial charge < -0.3 is 4.90 Å². The van der Waals surface area contributed by atoms with Gasteiger partial charge in [-0.2, -0.15) is 0 Å². The van der Waals surface area contributed by atoms with Crippen LogP contribution >= 0.6 is 0 Å². The molecular weight excluding hydrogens is 355 g/mol. The Bertz CT molecular complexity index is 672. The van der Waals surface area contributed by atoms with E-state index in [1.165, 1.54) is 18.6 Å². The lowest BCUT2D eigenvalue weighted by atomic mass is 9.90. The van der Waals surface area contributed by atoms with Gasteiger partial charge in [-0.05, 0) is 62.6 Å². The summed E-state index contributed by atoms with van der Waals surface area (Å²) in [5, 5.41) is 0. The van der Waals surface area contributed by atoms with Crippen LogP contribution in [-0.4, -0.2) is 53.5 Å². The summed E-state index contributed by atoms with van der Waals surface area (Å²) in [5.74, 6) is 1.19. The van der Waals surface area contributed by atoms with Gasteiger partial charge in [0.1, 0.15) is 5.82 Å². The summed E-state index contributed by atoms with van der Waals surface area (Å²) in [6.45, 7) is 8.07. The van der Waals surface area contributed by atoms with Crippen LogP contribution in [0.4, 0.5) is 4.39 Å². The minimum absolute atomic E-state index is 0.187. The molecule has 1 aromatic carbocycles. The van der Waals surface area contributed by atoms with Crippen LogP contribution in [0, 0.1) is 17.7 Å². The number of hydrogen-bond donors (Lipinski definition) is 2. The van der Waals surface area contributed by atoms with Gasteiger partial charge >= 0.3 is 0 Å². The summed E-state index contributed by atoms with van der Waals surface area (Å²) in [4.78, 5) is 17.7. The second kappa shape index (κ2) is 8.47. The fourth-order valence-corrected chi connectivity index (χ4v) is 5.31. The van der Waals surface area contributed by atoms with Crippen LogP contribution in [0.3, 0.4) is 0 Å². The van der Waals surface area contributed by atoms with E-state index < -0.39 is 0 Å². The van der Waals surface area contributed by atoms with Crippen molar-refractivity contribution in [3.63, 3.8) is 0 Å². The van der Waals surface area contributed by atoms with Gasteiger partial charge in [-0.3, -0.25) is 20.5 Å². The van der Waals surface area contributed by atoms with Gasteiger partial charge in [0.15, 0.2) is 0 Å². The SMILES string of the molecule is CC1NNC(C)C1CCC(=O)N1C[C@H]2CC[C@@H]1CN(Cc1ccc(F)cc1)C2. The number of carbonyl (C=O) groups is 1. The summed E-state index contributed by atoms with van der Waals surface area (Å²) in [6, 6.07) is 7.96. The molecular formula is C22H33FN4O. The number of carbonyl (C=O) groups excluding carboxylic acids is 1. The van der Waals surface area contributed by atoms with E-state index in [1.54, 1.807) is 0 Å². The van der Waals surface area contributed by atoms with Crippen LogP contribution in [-0.2, 0) is 11.3 Å². The lowest BCUT2D eigenvalue weighted by Crippen LogP contribution is -2.47. The molecule has 28 heavy (non-hydrogen) atoms. The van der Waals surface area contributed by atoms with E-state index in [9.17, 15) is 9.18 Å². The number of hydrogen-bond acceptors (Lipinski definition) is 4.